The normalized spacial score (nSPS) is 26.0. The van der Waals surface area contributed by atoms with Crippen LogP contribution in [0.5, 0.6) is 0 Å². The highest BCUT2D eigenvalue weighted by Crippen LogP contribution is 2.49. The molecule has 7 heteroatoms. The van der Waals surface area contributed by atoms with E-state index in [2.05, 4.69) is 5.32 Å². The molecule has 1 aliphatic heterocycles. The summed E-state index contributed by atoms with van der Waals surface area (Å²) >= 11 is 0. The number of nitrogens with zero attached hydrogens (tertiary/aromatic N) is 1. The molecule has 0 aromatic heterocycles. The first kappa shape index (κ1) is 15.8. The van der Waals surface area contributed by atoms with Gasteiger partial charge in [-0.2, -0.15) is 0 Å². The molecule has 3 rings (SSSR count). The van der Waals surface area contributed by atoms with Gasteiger partial charge in [0.05, 0.1) is 0 Å². The number of hydrogen-bond donors (Lipinski definition) is 1. The summed E-state index contributed by atoms with van der Waals surface area (Å²) in [7, 11) is 0. The number of rotatable bonds is 2. The zero-order valence-electron chi connectivity index (χ0n) is 12.8. The highest BCUT2D eigenvalue weighted by molar-refractivity contribution is 5.93. The van der Waals surface area contributed by atoms with Crippen molar-refractivity contribution >= 4 is 11.8 Å². The van der Waals surface area contributed by atoms with Gasteiger partial charge < -0.3 is 10.2 Å². The summed E-state index contributed by atoms with van der Waals surface area (Å²) in [5.74, 6) is -5.22. The Morgan fingerprint density at radius 2 is 1.87 bits per heavy atom. The molecule has 124 valence electrons. The van der Waals surface area contributed by atoms with Gasteiger partial charge in [-0.25, -0.2) is 13.2 Å². The van der Waals surface area contributed by atoms with Crippen LogP contribution >= 0.6 is 0 Å². The molecular formula is C16H17F3N2O2. The van der Waals surface area contributed by atoms with Crippen molar-refractivity contribution in [2.75, 3.05) is 13.1 Å². The van der Waals surface area contributed by atoms with Crippen molar-refractivity contribution in [3.8, 4) is 0 Å². The van der Waals surface area contributed by atoms with Crippen molar-refractivity contribution < 1.29 is 22.8 Å². The SMILES string of the molecule is CC1(C)C(=O)NCCN1C(=O)[C@H]1C[C@H]1c1cc(F)c(F)c(F)c1. The van der Waals surface area contributed by atoms with E-state index in [0.717, 1.165) is 12.1 Å². The first-order valence-corrected chi connectivity index (χ1v) is 7.47. The maximum Gasteiger partial charge on any atom is 0.245 e. The molecule has 4 nitrogen and oxygen atoms in total. The molecule has 0 bridgehead atoms. The van der Waals surface area contributed by atoms with Crippen LogP contribution in [-0.2, 0) is 9.59 Å². The van der Waals surface area contributed by atoms with Crippen LogP contribution in [0.2, 0.25) is 0 Å². The highest BCUT2D eigenvalue weighted by atomic mass is 19.2. The summed E-state index contributed by atoms with van der Waals surface area (Å²) in [5, 5.41) is 2.71. The molecule has 1 N–H and O–H groups in total. The van der Waals surface area contributed by atoms with Crippen LogP contribution in [0.3, 0.4) is 0 Å². The van der Waals surface area contributed by atoms with E-state index >= 15 is 0 Å². The number of carbonyl (C=O) groups excluding carboxylic acids is 2. The third-order valence-electron chi connectivity index (χ3n) is 4.66. The minimum Gasteiger partial charge on any atom is -0.352 e. The Balaban J connectivity index is 1.78. The van der Waals surface area contributed by atoms with Crippen molar-refractivity contribution in [1.82, 2.24) is 10.2 Å². The van der Waals surface area contributed by atoms with E-state index in [-0.39, 0.29) is 23.3 Å². The Kier molecular flexibility index (Phi) is 3.61. The van der Waals surface area contributed by atoms with Gasteiger partial charge in [-0.3, -0.25) is 9.59 Å². The molecule has 2 amide bonds. The van der Waals surface area contributed by atoms with Gasteiger partial charge >= 0.3 is 0 Å². The number of carbonyl (C=O) groups is 2. The Morgan fingerprint density at radius 1 is 1.26 bits per heavy atom. The van der Waals surface area contributed by atoms with Crippen LogP contribution in [0.1, 0.15) is 31.7 Å². The zero-order chi connectivity index (χ0) is 16.9. The number of amides is 2. The number of hydrogen-bond acceptors (Lipinski definition) is 2. The van der Waals surface area contributed by atoms with E-state index in [0.29, 0.717) is 19.5 Å². The van der Waals surface area contributed by atoms with Crippen molar-refractivity contribution in [3.05, 3.63) is 35.1 Å². The predicted molar refractivity (Wildman–Crippen MR) is 76.0 cm³/mol. The van der Waals surface area contributed by atoms with Crippen LogP contribution < -0.4 is 5.32 Å². The molecule has 0 radical (unpaired) electrons. The first-order chi connectivity index (χ1) is 10.7. The molecule has 23 heavy (non-hydrogen) atoms. The van der Waals surface area contributed by atoms with Gasteiger partial charge in [-0.1, -0.05) is 0 Å². The zero-order valence-corrected chi connectivity index (χ0v) is 12.8. The lowest BCUT2D eigenvalue weighted by Gasteiger charge is -2.41. The summed E-state index contributed by atoms with van der Waals surface area (Å²) in [6.07, 6.45) is 0.442. The maximum absolute atomic E-state index is 13.3. The minimum atomic E-state index is -1.51. The smallest absolute Gasteiger partial charge is 0.245 e. The van der Waals surface area contributed by atoms with E-state index in [9.17, 15) is 22.8 Å². The van der Waals surface area contributed by atoms with Crippen LogP contribution in [0.15, 0.2) is 12.1 Å². The van der Waals surface area contributed by atoms with E-state index in [1.807, 2.05) is 0 Å². The van der Waals surface area contributed by atoms with Gasteiger partial charge in [0.25, 0.3) is 0 Å². The lowest BCUT2D eigenvalue weighted by atomic mass is 9.97. The molecule has 1 saturated carbocycles. The predicted octanol–water partition coefficient (Wildman–Crippen LogP) is 1.94. The fraction of sp³-hybridized carbons (Fsp3) is 0.500. The third-order valence-corrected chi connectivity index (χ3v) is 4.66. The lowest BCUT2D eigenvalue weighted by Crippen LogP contribution is -2.63. The van der Waals surface area contributed by atoms with E-state index in [1.54, 1.807) is 13.8 Å². The minimum absolute atomic E-state index is 0.208. The first-order valence-electron chi connectivity index (χ1n) is 7.47. The van der Waals surface area contributed by atoms with E-state index in [1.165, 1.54) is 4.90 Å². The van der Waals surface area contributed by atoms with Crippen LogP contribution in [0.25, 0.3) is 0 Å². The summed E-state index contributed by atoms with van der Waals surface area (Å²) in [6.45, 7) is 4.10. The van der Waals surface area contributed by atoms with Gasteiger partial charge in [-0.05, 0) is 43.9 Å². The number of benzene rings is 1. The van der Waals surface area contributed by atoms with Crippen LogP contribution in [0, 0.1) is 23.4 Å². The van der Waals surface area contributed by atoms with E-state index < -0.39 is 28.9 Å². The Hall–Kier alpha value is -2.05. The Morgan fingerprint density at radius 3 is 2.48 bits per heavy atom. The van der Waals surface area contributed by atoms with Crippen molar-refractivity contribution in [3.63, 3.8) is 0 Å². The van der Waals surface area contributed by atoms with Gasteiger partial charge in [0.1, 0.15) is 5.54 Å². The van der Waals surface area contributed by atoms with Crippen molar-refractivity contribution in [2.24, 2.45) is 5.92 Å². The number of piperazine rings is 1. The van der Waals surface area contributed by atoms with Gasteiger partial charge in [-0.15, -0.1) is 0 Å². The maximum atomic E-state index is 13.3. The molecule has 1 aromatic rings. The fourth-order valence-corrected chi connectivity index (χ4v) is 3.11. The number of halogens is 3. The average molecular weight is 326 g/mol. The third kappa shape index (κ3) is 2.58. The van der Waals surface area contributed by atoms with Crippen LogP contribution in [-0.4, -0.2) is 35.3 Å². The van der Waals surface area contributed by atoms with E-state index in [4.69, 9.17) is 0 Å². The molecule has 1 aromatic carbocycles. The fourth-order valence-electron chi connectivity index (χ4n) is 3.11. The molecule has 2 fully saturated rings. The summed E-state index contributed by atoms with van der Waals surface area (Å²) in [6, 6.07) is 1.87. The quantitative estimate of drug-likeness (QED) is 0.845. The van der Waals surface area contributed by atoms with Gasteiger partial charge in [0.15, 0.2) is 17.5 Å². The molecule has 0 unspecified atom stereocenters. The molecule has 0 spiro atoms. The molecule has 1 heterocycles. The van der Waals surface area contributed by atoms with Gasteiger partial charge in [0, 0.05) is 19.0 Å². The van der Waals surface area contributed by atoms with Gasteiger partial charge in [0.2, 0.25) is 11.8 Å². The van der Waals surface area contributed by atoms with Crippen molar-refractivity contribution in [1.29, 1.82) is 0 Å². The highest BCUT2D eigenvalue weighted by Gasteiger charge is 2.50. The monoisotopic (exact) mass is 326 g/mol. The van der Waals surface area contributed by atoms with Crippen molar-refractivity contribution in [2.45, 2.75) is 31.7 Å². The van der Waals surface area contributed by atoms with Crippen LogP contribution in [0.4, 0.5) is 13.2 Å². The second-order valence-corrected chi connectivity index (χ2v) is 6.55. The molecule has 1 aliphatic carbocycles. The molecule has 2 aliphatic rings. The molecule has 2 atom stereocenters. The summed E-state index contributed by atoms with van der Waals surface area (Å²) < 4.78 is 39.7. The average Bonchev–Trinajstić information content (AvgIpc) is 3.27. The molecular weight excluding hydrogens is 309 g/mol. The number of nitrogens with one attached hydrogen (secondary N) is 1. The topological polar surface area (TPSA) is 49.4 Å². The second-order valence-electron chi connectivity index (χ2n) is 6.55. The summed E-state index contributed by atoms with van der Waals surface area (Å²) in [4.78, 5) is 26.0. The Bertz CT molecular complexity index is 667. The second kappa shape index (κ2) is 5.25. The largest absolute Gasteiger partial charge is 0.352 e. The Labute approximate surface area is 131 Å². The lowest BCUT2D eigenvalue weighted by molar-refractivity contribution is -0.150. The standard InChI is InChI=1S/C16H17F3N2O2/c1-16(2)15(23)20-3-4-21(16)14(22)10-7-9(10)8-5-11(17)13(19)12(18)6-8/h5-6,9-10H,3-4,7H2,1-2H3,(H,20,23)/t9-,10-/m0/s1. The summed E-state index contributed by atoms with van der Waals surface area (Å²) in [5.41, 5.74) is -0.680. The molecule has 1 saturated heterocycles.